The molecule has 6 heteroatoms. The summed E-state index contributed by atoms with van der Waals surface area (Å²) in [6.45, 7) is 0. The predicted molar refractivity (Wildman–Crippen MR) is 196 cm³/mol. The third kappa shape index (κ3) is 4.38. The normalized spacial score (nSPS) is 12.9. The van der Waals surface area contributed by atoms with Crippen molar-refractivity contribution in [1.29, 1.82) is 0 Å². The minimum Gasteiger partial charge on any atom is -0.0622 e. The van der Waals surface area contributed by atoms with Gasteiger partial charge in [0.05, 0.1) is 5.48 Å². The average Bonchev–Trinajstić information content (AvgIpc) is 3.80. The summed E-state index contributed by atoms with van der Waals surface area (Å²) in [5.74, 6) is 1.55. The summed E-state index contributed by atoms with van der Waals surface area (Å²) in [5, 5.41) is 6.22. The minimum absolute atomic E-state index is 0.0864. The van der Waals surface area contributed by atoms with Crippen molar-refractivity contribution in [2.75, 3.05) is 0 Å². The van der Waals surface area contributed by atoms with Gasteiger partial charge in [0.25, 0.3) is 0 Å². The molecule has 7 aromatic carbocycles. The second-order valence-corrected chi connectivity index (χ2v) is 13.8. The van der Waals surface area contributed by atoms with E-state index < -0.39 is 0 Å². The molecule has 0 bridgehead atoms. The number of oxazole rings is 1. The molecule has 10 aromatic rings. The fourth-order valence-electron chi connectivity index (χ4n) is 6.45. The SMILES string of the molecule is [2H]c1cc(-c2nc3c(-c4nc(-c5ccc6ccccc6c5)nc(-c5cccc6[se]c7ccccc7c56)n4)cc4ccccc4c3o2)c([2H])c([2H])c1[2H]. The molecule has 0 N–H and O–H groups in total. The minimum atomic E-state index is -0.352. The summed E-state index contributed by atoms with van der Waals surface area (Å²) < 4.78 is 42.2. The van der Waals surface area contributed by atoms with E-state index in [0.717, 1.165) is 38.1 Å². The average molecular weight is 684 g/mol. The van der Waals surface area contributed by atoms with Crippen LogP contribution in [0.15, 0.2) is 150 Å². The Labute approximate surface area is 286 Å². The van der Waals surface area contributed by atoms with Crippen molar-refractivity contribution in [1.82, 2.24) is 19.9 Å². The van der Waals surface area contributed by atoms with Crippen LogP contribution in [0, 0.1) is 0 Å². The summed E-state index contributed by atoms with van der Waals surface area (Å²) in [5.41, 5.74) is 3.52. The quantitative estimate of drug-likeness (QED) is 0.173. The maximum atomic E-state index is 8.62. The molecule has 0 saturated heterocycles. The van der Waals surface area contributed by atoms with Crippen molar-refractivity contribution >= 4 is 66.4 Å². The van der Waals surface area contributed by atoms with Crippen molar-refractivity contribution in [3.8, 4) is 45.6 Å². The van der Waals surface area contributed by atoms with Crippen LogP contribution in [-0.2, 0) is 0 Å². The second-order valence-electron chi connectivity index (χ2n) is 11.6. The van der Waals surface area contributed by atoms with Crippen LogP contribution in [0.25, 0.3) is 97.6 Å². The van der Waals surface area contributed by atoms with Gasteiger partial charge >= 0.3 is 264 Å². The molecule has 224 valence electrons. The molecule has 48 heavy (non-hydrogen) atoms. The fraction of sp³-hybridized carbons (Fsp3) is 0. The van der Waals surface area contributed by atoms with Crippen LogP contribution in [0.2, 0.25) is 0 Å². The van der Waals surface area contributed by atoms with E-state index in [4.69, 9.17) is 29.8 Å². The standard InChI is InChI=1S/C42H24N4OSe/c1-2-12-26(13-3-1)42-43-37-33(24-28-15-6-7-16-30(28)38(37)47-42)41-45-39(29-22-21-25-11-4-5-14-27(25)23-29)44-40(46-41)32-18-10-20-35-36(32)31-17-8-9-19-34(31)48-35/h1-24H/i1D,2D,3D,12D. The van der Waals surface area contributed by atoms with E-state index in [9.17, 15) is 0 Å². The van der Waals surface area contributed by atoms with E-state index in [1.165, 1.54) is 20.0 Å². The number of hydrogen-bond donors (Lipinski definition) is 0. The fourth-order valence-corrected chi connectivity index (χ4v) is 8.83. The van der Waals surface area contributed by atoms with Crippen molar-refractivity contribution < 1.29 is 9.90 Å². The van der Waals surface area contributed by atoms with Gasteiger partial charge in [0.2, 0.25) is 0 Å². The van der Waals surface area contributed by atoms with Crippen molar-refractivity contribution in [3.05, 3.63) is 145 Å². The van der Waals surface area contributed by atoms with Crippen LogP contribution in [0.3, 0.4) is 0 Å². The van der Waals surface area contributed by atoms with Gasteiger partial charge < -0.3 is 0 Å². The van der Waals surface area contributed by atoms with Gasteiger partial charge in [0, 0.05) is 0 Å². The van der Waals surface area contributed by atoms with Crippen LogP contribution in [0.4, 0.5) is 0 Å². The molecule has 0 aliphatic rings. The first-order valence-electron chi connectivity index (χ1n) is 17.5. The maximum absolute atomic E-state index is 8.62. The van der Waals surface area contributed by atoms with Crippen LogP contribution >= 0.6 is 0 Å². The number of nitrogens with zero attached hydrogens (tertiary/aromatic N) is 4. The van der Waals surface area contributed by atoms with E-state index in [2.05, 4.69) is 66.7 Å². The number of fused-ring (bicyclic) bond motifs is 7. The molecule has 0 saturated carbocycles. The smallest absolute Gasteiger partial charge is 0.0622 e. The van der Waals surface area contributed by atoms with E-state index >= 15 is 0 Å². The Morgan fingerprint density at radius 1 is 0.521 bits per heavy atom. The predicted octanol–water partition coefficient (Wildman–Crippen LogP) is 10.4. The molecule has 5 nitrogen and oxygen atoms in total. The van der Waals surface area contributed by atoms with Crippen LogP contribution in [0.1, 0.15) is 5.48 Å². The van der Waals surface area contributed by atoms with Gasteiger partial charge in [-0.3, -0.25) is 0 Å². The van der Waals surface area contributed by atoms with E-state index in [-0.39, 0.29) is 50.1 Å². The molecule has 3 aromatic heterocycles. The topological polar surface area (TPSA) is 64.7 Å². The summed E-state index contributed by atoms with van der Waals surface area (Å²) in [6.07, 6.45) is 0. The molecular formula is C42H24N4OSe. The molecule has 0 spiro atoms. The van der Waals surface area contributed by atoms with Gasteiger partial charge in [-0.15, -0.1) is 0 Å². The molecule has 10 rings (SSSR count). The number of benzene rings is 7. The summed E-state index contributed by atoms with van der Waals surface area (Å²) in [6, 6.07) is 39.4. The Hall–Kier alpha value is -5.94. The summed E-state index contributed by atoms with van der Waals surface area (Å²) in [4.78, 5) is 20.4. The van der Waals surface area contributed by atoms with Gasteiger partial charge in [-0.2, -0.15) is 0 Å². The zero-order valence-electron chi connectivity index (χ0n) is 29.2. The molecule has 3 heterocycles. The van der Waals surface area contributed by atoms with Crippen molar-refractivity contribution in [2.45, 2.75) is 0 Å². The zero-order valence-corrected chi connectivity index (χ0v) is 26.9. The molecule has 0 fully saturated rings. The van der Waals surface area contributed by atoms with Gasteiger partial charge in [0.1, 0.15) is 0 Å². The molecule has 0 aliphatic carbocycles. The molecule has 0 aliphatic heterocycles. The molecule has 0 amide bonds. The number of aromatic nitrogens is 4. The Morgan fingerprint density at radius 3 is 2.19 bits per heavy atom. The monoisotopic (exact) mass is 684 g/mol. The van der Waals surface area contributed by atoms with Crippen LogP contribution in [0.5, 0.6) is 0 Å². The third-order valence-corrected chi connectivity index (χ3v) is 11.1. The summed E-state index contributed by atoms with van der Waals surface area (Å²) >= 11 is 0.160. The first kappa shape index (κ1) is 23.4. The van der Waals surface area contributed by atoms with Gasteiger partial charge in [-0.05, 0) is 0 Å². The van der Waals surface area contributed by atoms with Crippen LogP contribution < -0.4 is 0 Å². The van der Waals surface area contributed by atoms with Crippen molar-refractivity contribution in [2.24, 2.45) is 0 Å². The van der Waals surface area contributed by atoms with Gasteiger partial charge in [-0.25, -0.2) is 0 Å². The summed E-state index contributed by atoms with van der Waals surface area (Å²) in [7, 11) is 0. The van der Waals surface area contributed by atoms with Gasteiger partial charge in [-0.1, -0.05) is 18.1 Å². The first-order valence-corrected chi connectivity index (χ1v) is 17.2. The van der Waals surface area contributed by atoms with Crippen LogP contribution in [-0.4, -0.2) is 34.4 Å². The van der Waals surface area contributed by atoms with Gasteiger partial charge in [0.15, 0.2) is 0 Å². The Balaban J connectivity index is 1.28. The Kier molecular flexibility index (Phi) is 5.27. The molecule has 0 atom stereocenters. The van der Waals surface area contributed by atoms with E-state index in [0.29, 0.717) is 34.1 Å². The Morgan fingerprint density at radius 2 is 1.27 bits per heavy atom. The molecule has 0 radical (unpaired) electrons. The zero-order chi connectivity index (χ0) is 35.1. The first-order chi connectivity index (χ1) is 25.4. The second kappa shape index (κ2) is 10.8. The number of rotatable bonds is 4. The molecule has 0 unspecified atom stereocenters. The molecular weight excluding hydrogens is 655 g/mol. The van der Waals surface area contributed by atoms with Crippen molar-refractivity contribution in [3.63, 3.8) is 0 Å². The third-order valence-electron chi connectivity index (χ3n) is 8.69. The van der Waals surface area contributed by atoms with E-state index in [1.807, 2.05) is 48.5 Å². The van der Waals surface area contributed by atoms with E-state index in [1.54, 1.807) is 0 Å². The number of hydrogen-bond acceptors (Lipinski definition) is 5. The Bertz CT molecular complexity index is 3100.